The predicted molar refractivity (Wildman–Crippen MR) is 85.4 cm³/mol. The second-order valence-electron chi connectivity index (χ2n) is 5.25. The number of benzene rings is 1. The van der Waals surface area contributed by atoms with Crippen LogP contribution in [-0.2, 0) is 29.1 Å². The van der Waals surface area contributed by atoms with Gasteiger partial charge in [0.1, 0.15) is 18.0 Å². The number of nitrogens with zero attached hydrogens (tertiary/aromatic N) is 3. The van der Waals surface area contributed by atoms with Gasteiger partial charge in [-0.05, 0) is 24.1 Å². The maximum Gasteiger partial charge on any atom is 0.325 e. The summed E-state index contributed by atoms with van der Waals surface area (Å²) < 4.78 is 6.75. The van der Waals surface area contributed by atoms with Gasteiger partial charge in [0.2, 0.25) is 5.91 Å². The summed E-state index contributed by atoms with van der Waals surface area (Å²) >= 11 is 0. The van der Waals surface area contributed by atoms with Crippen LogP contribution in [0.15, 0.2) is 30.5 Å². The maximum absolute atomic E-state index is 12.0. The van der Waals surface area contributed by atoms with E-state index in [4.69, 9.17) is 9.84 Å². The quantitative estimate of drug-likeness (QED) is 0.710. The molecule has 0 spiro atoms. The lowest BCUT2D eigenvalue weighted by Gasteiger charge is -2.07. The van der Waals surface area contributed by atoms with E-state index >= 15 is 0 Å². The molecule has 0 fully saturated rings. The standard InChI is InChI=1S/C16H20N4O4/c1-2-6-24-14-5-3-4-12(7-14)8-15(21)17-9-13-10-20(19-18-13)11-16(22)23/h3-5,7,10H,2,6,8-9,11H2,1H3,(H,17,21)(H,22,23). The summed E-state index contributed by atoms with van der Waals surface area (Å²) in [6, 6.07) is 7.42. The lowest BCUT2D eigenvalue weighted by molar-refractivity contribution is -0.138. The van der Waals surface area contributed by atoms with E-state index in [9.17, 15) is 9.59 Å². The molecule has 128 valence electrons. The molecule has 0 aliphatic carbocycles. The first-order valence-corrected chi connectivity index (χ1v) is 7.66. The largest absolute Gasteiger partial charge is 0.494 e. The van der Waals surface area contributed by atoms with Gasteiger partial charge < -0.3 is 15.2 Å². The number of nitrogens with one attached hydrogen (secondary N) is 1. The zero-order valence-corrected chi connectivity index (χ0v) is 13.4. The van der Waals surface area contributed by atoms with Gasteiger partial charge in [-0.1, -0.05) is 24.3 Å². The normalized spacial score (nSPS) is 10.4. The van der Waals surface area contributed by atoms with E-state index < -0.39 is 5.97 Å². The van der Waals surface area contributed by atoms with Crippen LogP contribution in [0.1, 0.15) is 24.6 Å². The molecular formula is C16H20N4O4. The molecule has 8 nitrogen and oxygen atoms in total. The van der Waals surface area contributed by atoms with Crippen LogP contribution in [0.2, 0.25) is 0 Å². The molecule has 1 aromatic heterocycles. The summed E-state index contributed by atoms with van der Waals surface area (Å²) in [4.78, 5) is 22.6. The summed E-state index contributed by atoms with van der Waals surface area (Å²) in [5.41, 5.74) is 1.36. The average molecular weight is 332 g/mol. The first-order valence-electron chi connectivity index (χ1n) is 7.66. The second kappa shape index (κ2) is 8.66. The minimum atomic E-state index is -0.999. The minimum Gasteiger partial charge on any atom is -0.494 e. The number of amides is 1. The Balaban J connectivity index is 1.82. The highest BCUT2D eigenvalue weighted by Gasteiger charge is 2.08. The van der Waals surface area contributed by atoms with Gasteiger partial charge in [-0.15, -0.1) is 5.10 Å². The van der Waals surface area contributed by atoms with Gasteiger partial charge >= 0.3 is 5.97 Å². The highest BCUT2D eigenvalue weighted by molar-refractivity contribution is 5.78. The fraction of sp³-hybridized carbons (Fsp3) is 0.375. The number of carboxylic acids is 1. The van der Waals surface area contributed by atoms with Crippen molar-refractivity contribution in [3.63, 3.8) is 0 Å². The third kappa shape index (κ3) is 5.71. The Bertz CT molecular complexity index is 699. The highest BCUT2D eigenvalue weighted by atomic mass is 16.5. The van der Waals surface area contributed by atoms with Crippen LogP contribution in [0, 0.1) is 0 Å². The van der Waals surface area contributed by atoms with Crippen LogP contribution in [0.3, 0.4) is 0 Å². The van der Waals surface area contributed by atoms with Crippen LogP contribution in [-0.4, -0.2) is 38.6 Å². The Hall–Kier alpha value is -2.90. The number of aromatic nitrogens is 3. The second-order valence-corrected chi connectivity index (χ2v) is 5.25. The Morgan fingerprint density at radius 3 is 2.96 bits per heavy atom. The molecule has 0 saturated heterocycles. The van der Waals surface area contributed by atoms with Crippen molar-refractivity contribution in [2.45, 2.75) is 32.9 Å². The Morgan fingerprint density at radius 1 is 1.38 bits per heavy atom. The van der Waals surface area contributed by atoms with Crippen molar-refractivity contribution in [1.82, 2.24) is 20.3 Å². The third-order valence-electron chi connectivity index (χ3n) is 3.09. The Kier molecular flexibility index (Phi) is 6.30. The molecule has 0 aliphatic rings. The van der Waals surface area contributed by atoms with Crippen molar-refractivity contribution in [3.8, 4) is 5.75 Å². The molecule has 0 radical (unpaired) electrons. The summed E-state index contributed by atoms with van der Waals surface area (Å²) in [6.07, 6.45) is 2.65. The van der Waals surface area contributed by atoms with E-state index in [1.54, 1.807) is 0 Å². The van der Waals surface area contributed by atoms with Crippen molar-refractivity contribution in [3.05, 3.63) is 41.7 Å². The molecule has 1 aromatic carbocycles. The van der Waals surface area contributed by atoms with Gasteiger partial charge in [0.25, 0.3) is 0 Å². The van der Waals surface area contributed by atoms with Crippen LogP contribution in [0.4, 0.5) is 0 Å². The van der Waals surface area contributed by atoms with Crippen LogP contribution in [0.5, 0.6) is 5.75 Å². The molecular weight excluding hydrogens is 312 g/mol. The number of hydrogen-bond donors (Lipinski definition) is 2. The average Bonchev–Trinajstić information content (AvgIpc) is 2.98. The summed E-state index contributed by atoms with van der Waals surface area (Å²) in [7, 11) is 0. The number of carbonyl (C=O) groups excluding carboxylic acids is 1. The highest BCUT2D eigenvalue weighted by Crippen LogP contribution is 2.14. The summed E-state index contributed by atoms with van der Waals surface area (Å²) in [5, 5.41) is 18.9. The van der Waals surface area contributed by atoms with Crippen LogP contribution >= 0.6 is 0 Å². The molecule has 8 heteroatoms. The van der Waals surface area contributed by atoms with E-state index in [-0.39, 0.29) is 25.4 Å². The minimum absolute atomic E-state index is 0.157. The molecule has 2 rings (SSSR count). The number of rotatable bonds is 9. The van der Waals surface area contributed by atoms with Crippen molar-refractivity contribution >= 4 is 11.9 Å². The topological polar surface area (TPSA) is 106 Å². The Labute approximate surface area is 139 Å². The monoisotopic (exact) mass is 332 g/mol. The van der Waals surface area contributed by atoms with Gasteiger partial charge in [-0.2, -0.15) is 0 Å². The van der Waals surface area contributed by atoms with Crippen molar-refractivity contribution in [1.29, 1.82) is 0 Å². The Morgan fingerprint density at radius 2 is 2.21 bits per heavy atom. The zero-order chi connectivity index (χ0) is 17.4. The molecule has 1 heterocycles. The smallest absolute Gasteiger partial charge is 0.325 e. The number of ether oxygens (including phenoxy) is 1. The number of carbonyl (C=O) groups is 2. The molecule has 0 aliphatic heterocycles. The lowest BCUT2D eigenvalue weighted by Crippen LogP contribution is -2.24. The molecule has 24 heavy (non-hydrogen) atoms. The van der Waals surface area contributed by atoms with Gasteiger partial charge in [0, 0.05) is 0 Å². The number of hydrogen-bond acceptors (Lipinski definition) is 5. The number of aliphatic carboxylic acids is 1. The fourth-order valence-electron chi connectivity index (χ4n) is 2.04. The van der Waals surface area contributed by atoms with Gasteiger partial charge in [-0.3, -0.25) is 9.59 Å². The molecule has 0 unspecified atom stereocenters. The first kappa shape index (κ1) is 17.5. The fourth-order valence-corrected chi connectivity index (χ4v) is 2.04. The first-order chi connectivity index (χ1) is 11.6. The van der Waals surface area contributed by atoms with Crippen molar-refractivity contribution in [2.24, 2.45) is 0 Å². The van der Waals surface area contributed by atoms with E-state index in [0.717, 1.165) is 17.7 Å². The maximum atomic E-state index is 12.0. The molecule has 0 saturated carbocycles. The zero-order valence-electron chi connectivity index (χ0n) is 13.4. The van der Waals surface area contributed by atoms with Crippen molar-refractivity contribution < 1.29 is 19.4 Å². The van der Waals surface area contributed by atoms with E-state index in [1.165, 1.54) is 10.9 Å². The number of carboxylic acid groups (broad SMARTS) is 1. The van der Waals surface area contributed by atoms with E-state index in [1.807, 2.05) is 31.2 Å². The molecule has 0 bridgehead atoms. The van der Waals surface area contributed by atoms with E-state index in [0.29, 0.717) is 12.3 Å². The molecule has 0 atom stereocenters. The molecule has 2 N–H and O–H groups in total. The van der Waals surface area contributed by atoms with Gasteiger partial charge in [-0.25, -0.2) is 4.68 Å². The van der Waals surface area contributed by atoms with Gasteiger partial charge in [0.05, 0.1) is 25.8 Å². The van der Waals surface area contributed by atoms with Gasteiger partial charge in [0.15, 0.2) is 0 Å². The lowest BCUT2D eigenvalue weighted by atomic mass is 10.1. The third-order valence-corrected chi connectivity index (χ3v) is 3.09. The van der Waals surface area contributed by atoms with Crippen LogP contribution < -0.4 is 10.1 Å². The molecule has 2 aromatic rings. The van der Waals surface area contributed by atoms with E-state index in [2.05, 4.69) is 15.6 Å². The van der Waals surface area contributed by atoms with Crippen molar-refractivity contribution in [2.75, 3.05) is 6.61 Å². The summed E-state index contributed by atoms with van der Waals surface area (Å²) in [5.74, 6) is -0.408. The predicted octanol–water partition coefficient (Wildman–Crippen LogP) is 1.01. The SMILES string of the molecule is CCCOc1cccc(CC(=O)NCc2cn(CC(=O)O)nn2)c1. The molecule has 1 amide bonds. The van der Waals surface area contributed by atoms with Crippen LogP contribution in [0.25, 0.3) is 0 Å². The summed E-state index contributed by atoms with van der Waals surface area (Å²) in [6.45, 7) is 2.61.